The van der Waals surface area contributed by atoms with E-state index in [-0.39, 0.29) is 6.10 Å². The number of anilines is 1. The van der Waals surface area contributed by atoms with Gasteiger partial charge in [0, 0.05) is 19.6 Å². The van der Waals surface area contributed by atoms with E-state index in [1.807, 2.05) is 18.2 Å². The highest BCUT2D eigenvalue weighted by Crippen LogP contribution is 2.24. The number of nitrogen functional groups attached to an aromatic ring is 1. The van der Waals surface area contributed by atoms with Crippen molar-refractivity contribution in [1.82, 2.24) is 4.90 Å². The predicted molar refractivity (Wildman–Crippen MR) is 72.5 cm³/mol. The Hall–Kier alpha value is -1.26. The van der Waals surface area contributed by atoms with E-state index >= 15 is 0 Å². The summed E-state index contributed by atoms with van der Waals surface area (Å²) in [5.74, 6) is 1.07. The van der Waals surface area contributed by atoms with E-state index in [0.29, 0.717) is 11.6 Å². The smallest absolute Gasteiger partial charge is 0.141 e. The lowest BCUT2D eigenvalue weighted by atomic mass is 9.96. The summed E-state index contributed by atoms with van der Waals surface area (Å²) >= 11 is 0. The summed E-state index contributed by atoms with van der Waals surface area (Å²) in [7, 11) is 1.62. The molecule has 2 unspecified atom stereocenters. The minimum absolute atomic E-state index is 0.151. The van der Waals surface area contributed by atoms with Gasteiger partial charge in [-0.2, -0.15) is 0 Å². The molecule has 0 aromatic heterocycles. The van der Waals surface area contributed by atoms with Gasteiger partial charge in [-0.3, -0.25) is 4.90 Å². The lowest BCUT2D eigenvalue weighted by Crippen LogP contribution is -2.41. The number of ether oxygens (including phenoxy) is 1. The lowest BCUT2D eigenvalue weighted by Gasteiger charge is -2.34. The topological polar surface area (TPSA) is 58.7 Å². The molecule has 0 radical (unpaired) electrons. The van der Waals surface area contributed by atoms with Crippen LogP contribution < -0.4 is 10.5 Å². The third kappa shape index (κ3) is 2.94. The van der Waals surface area contributed by atoms with Crippen LogP contribution in [0.5, 0.6) is 5.75 Å². The first-order chi connectivity index (χ1) is 8.60. The first-order valence-corrected chi connectivity index (χ1v) is 6.43. The largest absolute Gasteiger partial charge is 0.495 e. The second-order valence-corrected chi connectivity index (χ2v) is 5.14. The van der Waals surface area contributed by atoms with Crippen molar-refractivity contribution < 1.29 is 9.84 Å². The van der Waals surface area contributed by atoms with Crippen LogP contribution in [0.2, 0.25) is 0 Å². The van der Waals surface area contributed by atoms with Crippen LogP contribution in [-0.4, -0.2) is 36.3 Å². The van der Waals surface area contributed by atoms with Gasteiger partial charge in [0.25, 0.3) is 0 Å². The highest BCUT2D eigenvalue weighted by atomic mass is 16.5. The maximum Gasteiger partial charge on any atom is 0.141 e. The molecule has 3 N–H and O–H groups in total. The summed E-state index contributed by atoms with van der Waals surface area (Å²) in [6, 6.07) is 5.92. The molecular formula is C14H22N2O2. The summed E-state index contributed by atoms with van der Waals surface area (Å²) in [6.07, 6.45) is 0.703. The maximum absolute atomic E-state index is 9.71. The minimum atomic E-state index is -0.151. The summed E-state index contributed by atoms with van der Waals surface area (Å²) in [6.45, 7) is 4.86. The van der Waals surface area contributed by atoms with Crippen LogP contribution in [-0.2, 0) is 6.54 Å². The van der Waals surface area contributed by atoms with Crippen LogP contribution in [0.4, 0.5) is 5.69 Å². The van der Waals surface area contributed by atoms with E-state index < -0.39 is 0 Å². The van der Waals surface area contributed by atoms with E-state index in [0.717, 1.165) is 31.8 Å². The van der Waals surface area contributed by atoms with Crippen molar-refractivity contribution in [2.75, 3.05) is 25.9 Å². The van der Waals surface area contributed by atoms with Gasteiger partial charge in [0.2, 0.25) is 0 Å². The van der Waals surface area contributed by atoms with Crippen LogP contribution in [0.15, 0.2) is 18.2 Å². The molecule has 1 saturated heterocycles. The molecule has 1 heterocycles. The van der Waals surface area contributed by atoms with E-state index in [1.54, 1.807) is 7.11 Å². The number of aliphatic hydroxyl groups is 1. The van der Waals surface area contributed by atoms with E-state index in [1.165, 1.54) is 5.56 Å². The molecule has 1 aromatic carbocycles. The molecule has 18 heavy (non-hydrogen) atoms. The molecule has 0 saturated carbocycles. The average molecular weight is 250 g/mol. The number of hydrogen-bond acceptors (Lipinski definition) is 4. The third-order valence-corrected chi connectivity index (χ3v) is 3.64. The van der Waals surface area contributed by atoms with Crippen LogP contribution >= 0.6 is 0 Å². The van der Waals surface area contributed by atoms with E-state index in [2.05, 4.69) is 11.8 Å². The summed E-state index contributed by atoms with van der Waals surface area (Å²) in [5, 5.41) is 9.71. The van der Waals surface area contributed by atoms with Crippen molar-refractivity contribution >= 4 is 5.69 Å². The normalized spacial score (nSPS) is 25.1. The van der Waals surface area contributed by atoms with Gasteiger partial charge in [-0.1, -0.05) is 13.0 Å². The number of hydrogen-bond donors (Lipinski definition) is 2. The van der Waals surface area contributed by atoms with Gasteiger partial charge >= 0.3 is 0 Å². The van der Waals surface area contributed by atoms with Crippen LogP contribution in [0, 0.1) is 5.92 Å². The Labute approximate surface area is 108 Å². The van der Waals surface area contributed by atoms with Crippen molar-refractivity contribution in [2.45, 2.75) is 26.0 Å². The number of aliphatic hydroxyl groups excluding tert-OH is 1. The molecule has 4 nitrogen and oxygen atoms in total. The van der Waals surface area contributed by atoms with Crippen molar-refractivity contribution in [1.29, 1.82) is 0 Å². The van der Waals surface area contributed by atoms with Gasteiger partial charge in [-0.05, 0) is 30.0 Å². The Bertz CT molecular complexity index is 409. The standard InChI is InChI=1S/C14H22N2O2/c1-10-8-16(6-5-13(10)17)9-11-3-4-14(18-2)12(15)7-11/h3-4,7,10,13,17H,5-6,8-9,15H2,1-2H3. The van der Waals surface area contributed by atoms with Gasteiger partial charge < -0.3 is 15.6 Å². The zero-order valence-electron chi connectivity index (χ0n) is 11.1. The molecule has 2 rings (SSSR count). The zero-order valence-corrected chi connectivity index (χ0v) is 11.1. The number of nitrogens with two attached hydrogens (primary N) is 1. The first kappa shape index (κ1) is 13.2. The van der Waals surface area contributed by atoms with Gasteiger partial charge in [-0.15, -0.1) is 0 Å². The number of piperidine rings is 1. The fourth-order valence-corrected chi connectivity index (χ4v) is 2.50. The van der Waals surface area contributed by atoms with Gasteiger partial charge in [-0.25, -0.2) is 0 Å². The summed E-state index contributed by atoms with van der Waals surface area (Å²) in [4.78, 5) is 2.36. The van der Waals surface area contributed by atoms with Crippen molar-refractivity contribution in [2.24, 2.45) is 5.92 Å². The molecular weight excluding hydrogens is 228 g/mol. The van der Waals surface area contributed by atoms with E-state index in [9.17, 15) is 5.11 Å². The molecule has 0 aliphatic carbocycles. The van der Waals surface area contributed by atoms with Crippen molar-refractivity contribution in [3.63, 3.8) is 0 Å². The maximum atomic E-state index is 9.71. The Morgan fingerprint density at radius 2 is 2.28 bits per heavy atom. The zero-order chi connectivity index (χ0) is 13.1. The molecule has 100 valence electrons. The second-order valence-electron chi connectivity index (χ2n) is 5.14. The minimum Gasteiger partial charge on any atom is -0.495 e. The second kappa shape index (κ2) is 5.59. The van der Waals surface area contributed by atoms with Gasteiger partial charge in [0.1, 0.15) is 5.75 Å². The van der Waals surface area contributed by atoms with Crippen molar-refractivity contribution in [3.8, 4) is 5.75 Å². The quantitative estimate of drug-likeness (QED) is 0.798. The molecule has 1 fully saturated rings. The molecule has 4 heteroatoms. The fourth-order valence-electron chi connectivity index (χ4n) is 2.50. The Morgan fingerprint density at radius 3 is 2.89 bits per heavy atom. The number of benzene rings is 1. The van der Waals surface area contributed by atoms with Gasteiger partial charge in [0.15, 0.2) is 0 Å². The molecule has 0 bridgehead atoms. The summed E-state index contributed by atoms with van der Waals surface area (Å²) in [5.41, 5.74) is 7.78. The van der Waals surface area contributed by atoms with Gasteiger partial charge in [0.05, 0.1) is 18.9 Å². The third-order valence-electron chi connectivity index (χ3n) is 3.64. The Morgan fingerprint density at radius 1 is 1.50 bits per heavy atom. The fraction of sp³-hybridized carbons (Fsp3) is 0.571. The molecule has 1 aliphatic heterocycles. The van der Waals surface area contributed by atoms with Crippen LogP contribution in [0.1, 0.15) is 18.9 Å². The monoisotopic (exact) mass is 250 g/mol. The molecule has 1 aromatic rings. The molecule has 2 atom stereocenters. The Balaban J connectivity index is 1.99. The van der Waals surface area contributed by atoms with E-state index in [4.69, 9.17) is 10.5 Å². The molecule has 0 amide bonds. The molecule has 0 spiro atoms. The molecule has 1 aliphatic rings. The Kier molecular flexibility index (Phi) is 4.09. The lowest BCUT2D eigenvalue weighted by molar-refractivity contribution is 0.0320. The number of nitrogens with zero attached hydrogens (tertiary/aromatic N) is 1. The average Bonchev–Trinajstić information content (AvgIpc) is 2.34. The first-order valence-electron chi connectivity index (χ1n) is 6.43. The van der Waals surface area contributed by atoms with Crippen LogP contribution in [0.3, 0.4) is 0 Å². The highest BCUT2D eigenvalue weighted by molar-refractivity contribution is 5.54. The SMILES string of the molecule is COc1ccc(CN2CCC(O)C(C)C2)cc1N. The highest BCUT2D eigenvalue weighted by Gasteiger charge is 2.23. The number of likely N-dealkylation sites (tertiary alicyclic amines) is 1. The number of rotatable bonds is 3. The summed E-state index contributed by atoms with van der Waals surface area (Å²) < 4.78 is 5.15. The predicted octanol–water partition coefficient (Wildman–Crippen LogP) is 1.48. The van der Waals surface area contributed by atoms with Crippen molar-refractivity contribution in [3.05, 3.63) is 23.8 Å². The number of methoxy groups -OCH3 is 1. The van der Waals surface area contributed by atoms with Crippen LogP contribution in [0.25, 0.3) is 0 Å².